The quantitative estimate of drug-likeness (QED) is 0.545. The van der Waals surface area contributed by atoms with E-state index in [2.05, 4.69) is 51.8 Å². The number of nitrogens with one attached hydrogen (secondary N) is 1. The molecule has 0 bridgehead atoms. The lowest BCUT2D eigenvalue weighted by Gasteiger charge is -2.13. The Kier molecular flexibility index (Phi) is 6.13. The SMILES string of the molecule is CCc1cc2ccc(F)cc2nc1CC(C)CC.Nc1ncnc2nc[nH]c12. The number of fused-ring (bicyclic) bond motifs is 2. The zero-order valence-corrected chi connectivity index (χ0v) is 16.4. The van der Waals surface area contributed by atoms with Crippen LogP contribution in [-0.4, -0.2) is 24.9 Å². The van der Waals surface area contributed by atoms with Gasteiger partial charge in [-0.1, -0.05) is 27.2 Å². The summed E-state index contributed by atoms with van der Waals surface area (Å²) >= 11 is 0. The number of hydrogen-bond donors (Lipinski definition) is 2. The van der Waals surface area contributed by atoms with Crippen molar-refractivity contribution in [3.63, 3.8) is 0 Å². The Morgan fingerprint density at radius 3 is 2.68 bits per heavy atom. The molecule has 1 atom stereocenters. The number of rotatable bonds is 4. The van der Waals surface area contributed by atoms with Crippen LogP contribution in [0, 0.1) is 11.7 Å². The molecule has 0 saturated carbocycles. The molecule has 3 heterocycles. The van der Waals surface area contributed by atoms with Crippen molar-refractivity contribution in [2.45, 2.75) is 40.0 Å². The van der Waals surface area contributed by atoms with E-state index in [0.717, 1.165) is 35.9 Å². The lowest BCUT2D eigenvalue weighted by Crippen LogP contribution is -2.04. The van der Waals surface area contributed by atoms with E-state index in [4.69, 9.17) is 5.73 Å². The number of nitrogens with zero attached hydrogens (tertiary/aromatic N) is 4. The first-order valence-corrected chi connectivity index (χ1v) is 9.49. The third-order valence-corrected chi connectivity index (χ3v) is 4.82. The highest BCUT2D eigenvalue weighted by atomic mass is 19.1. The zero-order chi connectivity index (χ0) is 20.1. The number of anilines is 1. The van der Waals surface area contributed by atoms with E-state index in [1.165, 1.54) is 30.4 Å². The average Bonchev–Trinajstić information content (AvgIpc) is 3.18. The molecule has 4 rings (SSSR count). The largest absolute Gasteiger partial charge is 0.382 e. The first-order chi connectivity index (χ1) is 13.5. The summed E-state index contributed by atoms with van der Waals surface area (Å²) in [5, 5.41) is 1.03. The van der Waals surface area contributed by atoms with Crippen molar-refractivity contribution >= 4 is 27.9 Å². The molecule has 3 aromatic heterocycles. The first kappa shape index (κ1) is 19.7. The third kappa shape index (κ3) is 4.42. The van der Waals surface area contributed by atoms with Crippen LogP contribution in [0.3, 0.4) is 0 Å². The first-order valence-electron chi connectivity index (χ1n) is 9.49. The fraction of sp³-hybridized carbons (Fsp3) is 0.333. The van der Waals surface area contributed by atoms with E-state index in [1.54, 1.807) is 0 Å². The van der Waals surface area contributed by atoms with E-state index < -0.39 is 0 Å². The van der Waals surface area contributed by atoms with Gasteiger partial charge in [-0.05, 0) is 42.5 Å². The summed E-state index contributed by atoms with van der Waals surface area (Å²) in [6, 6.07) is 6.98. The lowest BCUT2D eigenvalue weighted by molar-refractivity contribution is 0.551. The van der Waals surface area contributed by atoms with Crippen LogP contribution >= 0.6 is 0 Å². The van der Waals surface area contributed by atoms with Crippen LogP contribution in [-0.2, 0) is 12.8 Å². The summed E-state index contributed by atoms with van der Waals surface area (Å²) in [6.07, 6.45) is 6.03. The summed E-state index contributed by atoms with van der Waals surface area (Å²) in [5.74, 6) is 0.838. The number of H-pyrrole nitrogens is 1. The predicted octanol–water partition coefficient (Wildman–Crippen LogP) is 4.46. The topological polar surface area (TPSA) is 93.4 Å². The molecule has 0 spiro atoms. The monoisotopic (exact) mass is 380 g/mol. The van der Waals surface area contributed by atoms with Gasteiger partial charge >= 0.3 is 0 Å². The van der Waals surface area contributed by atoms with Crippen molar-refractivity contribution < 1.29 is 4.39 Å². The van der Waals surface area contributed by atoms with Crippen molar-refractivity contribution in [1.29, 1.82) is 0 Å². The van der Waals surface area contributed by atoms with Gasteiger partial charge in [0.2, 0.25) is 0 Å². The van der Waals surface area contributed by atoms with E-state index in [9.17, 15) is 4.39 Å². The van der Waals surface area contributed by atoms with Crippen LogP contribution in [0.4, 0.5) is 10.2 Å². The van der Waals surface area contributed by atoms with Crippen LogP contribution in [0.2, 0.25) is 0 Å². The second kappa shape index (κ2) is 8.73. The Hall–Kier alpha value is -3.09. The maximum absolute atomic E-state index is 13.2. The molecule has 1 unspecified atom stereocenters. The highest BCUT2D eigenvalue weighted by Crippen LogP contribution is 2.21. The van der Waals surface area contributed by atoms with Crippen LogP contribution < -0.4 is 5.73 Å². The minimum Gasteiger partial charge on any atom is -0.382 e. The number of pyridine rings is 1. The number of hydrogen-bond acceptors (Lipinski definition) is 5. The molecule has 3 N–H and O–H groups in total. The minimum atomic E-state index is -0.214. The lowest BCUT2D eigenvalue weighted by atomic mass is 9.97. The van der Waals surface area contributed by atoms with E-state index in [0.29, 0.717) is 22.9 Å². The van der Waals surface area contributed by atoms with Crippen molar-refractivity contribution in [2.24, 2.45) is 5.92 Å². The van der Waals surface area contributed by atoms with Gasteiger partial charge in [0.15, 0.2) is 11.5 Å². The number of benzene rings is 1. The maximum atomic E-state index is 13.2. The molecule has 0 aliphatic heterocycles. The normalized spacial score (nSPS) is 12.0. The highest BCUT2D eigenvalue weighted by molar-refractivity contribution is 5.80. The van der Waals surface area contributed by atoms with Gasteiger partial charge in [-0.2, -0.15) is 0 Å². The van der Waals surface area contributed by atoms with E-state index in [-0.39, 0.29) is 5.82 Å². The molecule has 28 heavy (non-hydrogen) atoms. The standard InChI is InChI=1S/C16H20FN.C5H5N5/c1-4-11(3)8-15-12(5-2)9-13-6-7-14(17)10-16(13)18-15;6-4-3-5(9-1-7-3)10-2-8-4/h6-7,9-11H,4-5,8H2,1-3H3;1-2H,(H3,6,7,8,9,10). The summed E-state index contributed by atoms with van der Waals surface area (Å²) in [4.78, 5) is 19.0. The molecule has 0 aliphatic rings. The molecular weight excluding hydrogens is 355 g/mol. The zero-order valence-electron chi connectivity index (χ0n) is 16.4. The molecule has 4 aromatic rings. The van der Waals surface area contributed by atoms with Crippen LogP contribution in [0.1, 0.15) is 38.4 Å². The second-order valence-electron chi connectivity index (χ2n) is 6.86. The average molecular weight is 380 g/mol. The summed E-state index contributed by atoms with van der Waals surface area (Å²) in [6.45, 7) is 6.57. The van der Waals surface area contributed by atoms with Gasteiger partial charge in [-0.15, -0.1) is 0 Å². The van der Waals surface area contributed by atoms with Gasteiger partial charge in [0, 0.05) is 17.1 Å². The Morgan fingerprint density at radius 1 is 1.14 bits per heavy atom. The summed E-state index contributed by atoms with van der Waals surface area (Å²) in [5.41, 5.74) is 9.96. The molecule has 0 amide bonds. The highest BCUT2D eigenvalue weighted by Gasteiger charge is 2.09. The Balaban J connectivity index is 0.000000188. The fourth-order valence-electron chi connectivity index (χ4n) is 2.96. The van der Waals surface area contributed by atoms with Gasteiger partial charge in [0.05, 0.1) is 11.8 Å². The van der Waals surface area contributed by atoms with Crippen LogP contribution in [0.5, 0.6) is 0 Å². The predicted molar refractivity (Wildman–Crippen MR) is 110 cm³/mol. The summed E-state index contributed by atoms with van der Waals surface area (Å²) < 4.78 is 13.2. The molecular formula is C21H25FN6. The molecule has 0 radical (unpaired) electrons. The Bertz CT molecular complexity index is 1080. The summed E-state index contributed by atoms with van der Waals surface area (Å²) in [7, 11) is 0. The number of aryl methyl sites for hydroxylation is 1. The van der Waals surface area contributed by atoms with Crippen molar-refractivity contribution in [3.05, 3.63) is 54.0 Å². The molecule has 0 aliphatic carbocycles. The van der Waals surface area contributed by atoms with E-state index >= 15 is 0 Å². The second-order valence-corrected chi connectivity index (χ2v) is 6.86. The molecule has 7 heteroatoms. The van der Waals surface area contributed by atoms with Crippen molar-refractivity contribution in [1.82, 2.24) is 24.9 Å². The van der Waals surface area contributed by atoms with Crippen LogP contribution in [0.15, 0.2) is 36.9 Å². The van der Waals surface area contributed by atoms with Crippen molar-refractivity contribution in [2.75, 3.05) is 5.73 Å². The van der Waals surface area contributed by atoms with Crippen LogP contribution in [0.25, 0.3) is 22.1 Å². The molecule has 0 saturated heterocycles. The van der Waals surface area contributed by atoms with Gasteiger partial charge < -0.3 is 10.7 Å². The van der Waals surface area contributed by atoms with Crippen molar-refractivity contribution in [3.8, 4) is 0 Å². The maximum Gasteiger partial charge on any atom is 0.182 e. The number of nitrogens with two attached hydrogens (primary N) is 1. The minimum absolute atomic E-state index is 0.214. The number of imidazole rings is 1. The molecule has 146 valence electrons. The number of aromatic amines is 1. The van der Waals surface area contributed by atoms with E-state index in [1.807, 2.05) is 6.07 Å². The Labute approximate surface area is 163 Å². The number of aromatic nitrogens is 5. The van der Waals surface area contributed by atoms with Gasteiger partial charge in [-0.3, -0.25) is 4.98 Å². The number of nitrogen functional groups attached to an aromatic ring is 1. The molecule has 1 aromatic carbocycles. The Morgan fingerprint density at radius 2 is 1.96 bits per heavy atom. The number of halogens is 1. The van der Waals surface area contributed by atoms with Gasteiger partial charge in [-0.25, -0.2) is 19.3 Å². The molecule has 0 fully saturated rings. The van der Waals surface area contributed by atoms with Gasteiger partial charge in [0.25, 0.3) is 0 Å². The smallest absolute Gasteiger partial charge is 0.182 e. The van der Waals surface area contributed by atoms with Gasteiger partial charge in [0.1, 0.15) is 17.7 Å². The third-order valence-electron chi connectivity index (χ3n) is 4.82. The fourth-order valence-corrected chi connectivity index (χ4v) is 2.96. The molecule has 6 nitrogen and oxygen atoms in total.